The molecule has 2 heterocycles. The molecule has 0 aliphatic heterocycles. The fraction of sp³-hybridized carbons (Fsp3) is 0.158. The average Bonchev–Trinajstić information content (AvgIpc) is 3.26. The predicted octanol–water partition coefficient (Wildman–Crippen LogP) is 3.53. The van der Waals surface area contributed by atoms with Crippen LogP contribution in [-0.4, -0.2) is 21.2 Å². The van der Waals surface area contributed by atoms with E-state index in [1.165, 1.54) is 0 Å². The van der Waals surface area contributed by atoms with E-state index in [1.807, 2.05) is 26.0 Å². The summed E-state index contributed by atoms with van der Waals surface area (Å²) >= 11 is 0. The van der Waals surface area contributed by atoms with Crippen molar-refractivity contribution in [3.63, 3.8) is 0 Å². The smallest absolute Gasteiger partial charge is 0.408 e. The lowest BCUT2D eigenvalue weighted by Gasteiger charge is -2.11. The molecule has 0 bridgehead atoms. The number of aromatic amines is 1. The summed E-state index contributed by atoms with van der Waals surface area (Å²) in [6.07, 6.45) is 0. The molecular weight excluding hydrogens is 346 g/mol. The van der Waals surface area contributed by atoms with E-state index in [-0.39, 0.29) is 6.04 Å². The van der Waals surface area contributed by atoms with E-state index < -0.39 is 5.76 Å². The first-order chi connectivity index (χ1) is 13.0. The molecule has 0 radical (unpaired) electrons. The van der Waals surface area contributed by atoms with Gasteiger partial charge >= 0.3 is 5.76 Å². The second-order valence-corrected chi connectivity index (χ2v) is 6.32. The first-order valence-electron chi connectivity index (χ1n) is 8.31. The third kappa shape index (κ3) is 3.18. The lowest BCUT2D eigenvalue weighted by atomic mass is 10.1. The van der Waals surface area contributed by atoms with Crippen molar-refractivity contribution in [3.8, 4) is 28.9 Å². The van der Waals surface area contributed by atoms with Crippen molar-refractivity contribution in [1.29, 1.82) is 5.26 Å². The highest BCUT2D eigenvalue weighted by Gasteiger charge is 2.14. The van der Waals surface area contributed by atoms with Gasteiger partial charge in [-0.3, -0.25) is 4.98 Å². The van der Waals surface area contributed by atoms with Crippen LogP contribution in [0.2, 0.25) is 0 Å². The Morgan fingerprint density at radius 3 is 2.78 bits per heavy atom. The molecule has 4 aromatic rings. The molecule has 0 unspecified atom stereocenters. The summed E-state index contributed by atoms with van der Waals surface area (Å²) in [6, 6.07) is 12.9. The van der Waals surface area contributed by atoms with Crippen LogP contribution >= 0.6 is 0 Å². The maximum Gasteiger partial charge on any atom is 0.417 e. The Morgan fingerprint density at radius 2 is 2.00 bits per heavy atom. The molecule has 2 aromatic heterocycles. The van der Waals surface area contributed by atoms with Gasteiger partial charge in [0.2, 0.25) is 5.82 Å². The molecule has 0 amide bonds. The molecule has 0 saturated heterocycles. The standard InChI is InChI=1S/C19H15N5O3/c1-10(2)21-14-5-3-12(7-13(14)9-20)18-23-17(24-27-18)11-4-6-16-15(8-11)22-19(25)26-16/h3-8,10,21H,1-2H3,(H,22,25). The van der Waals surface area contributed by atoms with Crippen molar-refractivity contribution < 1.29 is 8.94 Å². The SMILES string of the molecule is CC(C)Nc1ccc(-c2nc(-c3ccc4oc(=O)[nH]c4c3)no2)cc1C#N. The van der Waals surface area contributed by atoms with Crippen LogP contribution in [0.5, 0.6) is 0 Å². The summed E-state index contributed by atoms with van der Waals surface area (Å²) < 4.78 is 10.3. The van der Waals surface area contributed by atoms with Crippen molar-refractivity contribution in [2.75, 3.05) is 5.32 Å². The Kier molecular flexibility index (Phi) is 3.97. The monoisotopic (exact) mass is 361 g/mol. The van der Waals surface area contributed by atoms with Crippen molar-refractivity contribution in [1.82, 2.24) is 15.1 Å². The van der Waals surface area contributed by atoms with Gasteiger partial charge in [0.1, 0.15) is 6.07 Å². The summed E-state index contributed by atoms with van der Waals surface area (Å²) in [6.45, 7) is 4.01. The topological polar surface area (TPSA) is 121 Å². The molecule has 27 heavy (non-hydrogen) atoms. The van der Waals surface area contributed by atoms with Crippen LogP contribution in [0, 0.1) is 11.3 Å². The Labute approximate surface area is 153 Å². The summed E-state index contributed by atoms with van der Waals surface area (Å²) in [5, 5.41) is 16.6. The largest absolute Gasteiger partial charge is 0.417 e. The zero-order valence-corrected chi connectivity index (χ0v) is 14.6. The molecule has 8 nitrogen and oxygen atoms in total. The number of hydrogen-bond donors (Lipinski definition) is 2. The Balaban J connectivity index is 1.69. The first-order valence-corrected chi connectivity index (χ1v) is 8.31. The van der Waals surface area contributed by atoms with Crippen molar-refractivity contribution in [2.45, 2.75) is 19.9 Å². The lowest BCUT2D eigenvalue weighted by molar-refractivity contribution is 0.432. The number of nitriles is 1. The van der Waals surface area contributed by atoms with Crippen LogP contribution in [-0.2, 0) is 0 Å². The summed E-state index contributed by atoms with van der Waals surface area (Å²) in [7, 11) is 0. The Bertz CT molecular complexity index is 1230. The van der Waals surface area contributed by atoms with Crippen molar-refractivity contribution >= 4 is 16.8 Å². The van der Waals surface area contributed by atoms with Gasteiger partial charge in [-0.1, -0.05) is 5.16 Å². The third-order valence-electron chi connectivity index (χ3n) is 3.93. The summed E-state index contributed by atoms with van der Waals surface area (Å²) in [5.74, 6) is 0.158. The normalized spacial score (nSPS) is 11.0. The van der Waals surface area contributed by atoms with Gasteiger partial charge in [0.25, 0.3) is 5.89 Å². The van der Waals surface area contributed by atoms with Gasteiger partial charge < -0.3 is 14.3 Å². The van der Waals surface area contributed by atoms with Gasteiger partial charge in [0, 0.05) is 17.2 Å². The van der Waals surface area contributed by atoms with E-state index in [0.29, 0.717) is 39.5 Å². The second-order valence-electron chi connectivity index (χ2n) is 6.32. The molecule has 4 rings (SSSR count). The molecule has 0 saturated carbocycles. The van der Waals surface area contributed by atoms with Crippen LogP contribution in [0.15, 0.2) is 50.1 Å². The number of benzene rings is 2. The van der Waals surface area contributed by atoms with E-state index >= 15 is 0 Å². The quantitative estimate of drug-likeness (QED) is 0.570. The molecule has 0 spiro atoms. The molecular formula is C19H15N5O3. The number of H-pyrrole nitrogens is 1. The van der Waals surface area contributed by atoms with Crippen LogP contribution in [0.25, 0.3) is 33.9 Å². The van der Waals surface area contributed by atoms with Gasteiger partial charge in [-0.2, -0.15) is 10.2 Å². The first kappa shape index (κ1) is 16.6. The minimum Gasteiger partial charge on any atom is -0.408 e. The van der Waals surface area contributed by atoms with Crippen LogP contribution in [0.4, 0.5) is 5.69 Å². The van der Waals surface area contributed by atoms with Gasteiger partial charge in [0.15, 0.2) is 5.58 Å². The number of nitrogens with zero attached hydrogens (tertiary/aromatic N) is 3. The van der Waals surface area contributed by atoms with Crippen LogP contribution in [0.3, 0.4) is 0 Å². The van der Waals surface area contributed by atoms with E-state index in [9.17, 15) is 10.1 Å². The highest BCUT2D eigenvalue weighted by Crippen LogP contribution is 2.27. The highest BCUT2D eigenvalue weighted by atomic mass is 16.5. The van der Waals surface area contributed by atoms with E-state index in [0.717, 1.165) is 5.69 Å². The molecule has 0 atom stereocenters. The van der Waals surface area contributed by atoms with E-state index in [4.69, 9.17) is 8.94 Å². The summed E-state index contributed by atoms with van der Waals surface area (Å²) in [4.78, 5) is 18.3. The highest BCUT2D eigenvalue weighted by molar-refractivity contribution is 5.78. The number of oxazole rings is 1. The molecule has 0 fully saturated rings. The minimum absolute atomic E-state index is 0.210. The summed E-state index contributed by atoms with van der Waals surface area (Å²) in [5.41, 5.74) is 3.59. The number of anilines is 1. The zero-order chi connectivity index (χ0) is 19.0. The zero-order valence-electron chi connectivity index (χ0n) is 14.6. The number of fused-ring (bicyclic) bond motifs is 1. The Hall–Kier alpha value is -3.86. The maximum absolute atomic E-state index is 11.3. The molecule has 0 aliphatic carbocycles. The second kappa shape index (κ2) is 6.46. The molecule has 2 N–H and O–H groups in total. The van der Waals surface area contributed by atoms with Gasteiger partial charge in [-0.15, -0.1) is 0 Å². The van der Waals surface area contributed by atoms with Crippen molar-refractivity contribution in [3.05, 3.63) is 52.5 Å². The molecule has 8 heteroatoms. The van der Waals surface area contributed by atoms with Crippen molar-refractivity contribution in [2.24, 2.45) is 0 Å². The molecule has 134 valence electrons. The van der Waals surface area contributed by atoms with E-state index in [2.05, 4.69) is 26.5 Å². The fourth-order valence-corrected chi connectivity index (χ4v) is 2.76. The minimum atomic E-state index is -0.518. The number of aromatic nitrogens is 3. The number of nitrogens with one attached hydrogen (secondary N) is 2. The van der Waals surface area contributed by atoms with Gasteiger partial charge in [-0.05, 0) is 50.2 Å². The maximum atomic E-state index is 11.3. The lowest BCUT2D eigenvalue weighted by Crippen LogP contribution is -2.10. The molecule has 2 aromatic carbocycles. The number of rotatable bonds is 4. The van der Waals surface area contributed by atoms with Gasteiger partial charge in [0.05, 0.1) is 16.8 Å². The van der Waals surface area contributed by atoms with Crippen LogP contribution < -0.4 is 11.1 Å². The fourth-order valence-electron chi connectivity index (χ4n) is 2.76. The van der Waals surface area contributed by atoms with Crippen LogP contribution in [0.1, 0.15) is 19.4 Å². The molecule has 0 aliphatic rings. The third-order valence-corrected chi connectivity index (χ3v) is 3.93. The van der Waals surface area contributed by atoms with Gasteiger partial charge in [-0.25, -0.2) is 4.79 Å². The number of hydrogen-bond acceptors (Lipinski definition) is 7. The van der Waals surface area contributed by atoms with E-state index in [1.54, 1.807) is 24.3 Å². The average molecular weight is 361 g/mol. The Morgan fingerprint density at radius 1 is 1.19 bits per heavy atom. The predicted molar refractivity (Wildman–Crippen MR) is 99.0 cm³/mol.